The Kier molecular flexibility index (Phi) is 4.06. The van der Waals surface area contributed by atoms with Crippen LogP contribution in [0.3, 0.4) is 0 Å². The summed E-state index contributed by atoms with van der Waals surface area (Å²) in [7, 11) is 0. The Labute approximate surface area is 89.5 Å². The standard InChI is InChI=1S/C12H17F2N/c1-4-8(2)9(3)15-12-6-5-10(13)7-11(12)14/h5-9,15H,4H2,1-3H3. The van der Waals surface area contributed by atoms with E-state index in [4.69, 9.17) is 0 Å². The van der Waals surface area contributed by atoms with Crippen molar-refractivity contribution in [1.29, 1.82) is 0 Å². The predicted octanol–water partition coefficient (Wildman–Crippen LogP) is 3.81. The zero-order chi connectivity index (χ0) is 11.4. The third kappa shape index (κ3) is 3.18. The van der Waals surface area contributed by atoms with Gasteiger partial charge in [-0.3, -0.25) is 0 Å². The number of hydrogen-bond donors (Lipinski definition) is 1. The van der Waals surface area contributed by atoms with Gasteiger partial charge in [0.25, 0.3) is 0 Å². The van der Waals surface area contributed by atoms with E-state index in [9.17, 15) is 8.78 Å². The predicted molar refractivity (Wildman–Crippen MR) is 58.9 cm³/mol. The lowest BCUT2D eigenvalue weighted by molar-refractivity contribution is 0.491. The first-order valence-electron chi connectivity index (χ1n) is 5.26. The van der Waals surface area contributed by atoms with Crippen LogP contribution in [0.5, 0.6) is 0 Å². The Hall–Kier alpha value is -1.12. The van der Waals surface area contributed by atoms with E-state index < -0.39 is 11.6 Å². The minimum Gasteiger partial charge on any atom is -0.380 e. The van der Waals surface area contributed by atoms with Gasteiger partial charge in [0.2, 0.25) is 0 Å². The molecule has 1 rings (SSSR count). The highest BCUT2D eigenvalue weighted by Gasteiger charge is 2.12. The molecule has 0 radical (unpaired) electrons. The fourth-order valence-electron chi connectivity index (χ4n) is 1.35. The van der Waals surface area contributed by atoms with E-state index in [2.05, 4.69) is 19.2 Å². The molecule has 1 nitrogen and oxygen atoms in total. The average molecular weight is 213 g/mol. The van der Waals surface area contributed by atoms with Gasteiger partial charge >= 0.3 is 0 Å². The number of hydrogen-bond acceptors (Lipinski definition) is 1. The minimum absolute atomic E-state index is 0.176. The van der Waals surface area contributed by atoms with Crippen molar-refractivity contribution in [2.75, 3.05) is 5.32 Å². The maximum Gasteiger partial charge on any atom is 0.149 e. The van der Waals surface area contributed by atoms with E-state index in [0.717, 1.165) is 12.5 Å². The topological polar surface area (TPSA) is 12.0 Å². The van der Waals surface area contributed by atoms with E-state index in [1.54, 1.807) is 0 Å². The lowest BCUT2D eigenvalue weighted by Gasteiger charge is -2.21. The molecule has 0 heterocycles. The molecule has 0 saturated carbocycles. The Morgan fingerprint density at radius 3 is 2.47 bits per heavy atom. The molecule has 0 spiro atoms. The maximum atomic E-state index is 13.3. The van der Waals surface area contributed by atoms with Crippen LogP contribution in [0.2, 0.25) is 0 Å². The van der Waals surface area contributed by atoms with Crippen LogP contribution >= 0.6 is 0 Å². The second-order valence-corrected chi connectivity index (χ2v) is 3.94. The van der Waals surface area contributed by atoms with E-state index in [1.807, 2.05) is 6.92 Å². The van der Waals surface area contributed by atoms with Crippen LogP contribution in [0, 0.1) is 17.6 Å². The molecule has 2 unspecified atom stereocenters. The molecule has 84 valence electrons. The molecule has 0 saturated heterocycles. The molecular formula is C12H17F2N. The van der Waals surface area contributed by atoms with Crippen molar-refractivity contribution in [3.63, 3.8) is 0 Å². The molecular weight excluding hydrogens is 196 g/mol. The first-order valence-corrected chi connectivity index (χ1v) is 5.26. The fraction of sp³-hybridized carbons (Fsp3) is 0.500. The third-order valence-corrected chi connectivity index (χ3v) is 2.81. The summed E-state index contributed by atoms with van der Waals surface area (Å²) in [6, 6.07) is 3.76. The van der Waals surface area contributed by atoms with Crippen LogP contribution in [-0.2, 0) is 0 Å². The van der Waals surface area contributed by atoms with Gasteiger partial charge in [-0.05, 0) is 25.0 Å². The van der Waals surface area contributed by atoms with Crippen LogP contribution in [0.4, 0.5) is 14.5 Å². The first kappa shape index (κ1) is 12.0. The van der Waals surface area contributed by atoms with E-state index in [1.165, 1.54) is 12.1 Å². The number of anilines is 1. The molecule has 0 aliphatic carbocycles. The molecule has 15 heavy (non-hydrogen) atoms. The smallest absolute Gasteiger partial charge is 0.149 e. The molecule has 2 atom stereocenters. The number of halogens is 2. The summed E-state index contributed by atoms with van der Waals surface area (Å²) in [5, 5.41) is 3.05. The molecule has 0 bridgehead atoms. The van der Waals surface area contributed by atoms with Crippen LogP contribution < -0.4 is 5.32 Å². The Morgan fingerprint density at radius 2 is 1.93 bits per heavy atom. The lowest BCUT2D eigenvalue weighted by atomic mass is 10.0. The number of rotatable bonds is 4. The van der Waals surface area contributed by atoms with Gasteiger partial charge in [-0.15, -0.1) is 0 Å². The molecule has 0 amide bonds. The second-order valence-electron chi connectivity index (χ2n) is 3.94. The van der Waals surface area contributed by atoms with Crippen LogP contribution in [0.25, 0.3) is 0 Å². The van der Waals surface area contributed by atoms with Crippen LogP contribution in [0.1, 0.15) is 27.2 Å². The van der Waals surface area contributed by atoms with Crippen molar-refractivity contribution in [3.8, 4) is 0 Å². The average Bonchev–Trinajstić information content (AvgIpc) is 2.20. The summed E-state index contributed by atoms with van der Waals surface area (Å²) >= 11 is 0. The molecule has 0 aliphatic rings. The summed E-state index contributed by atoms with van der Waals surface area (Å²) in [6.45, 7) is 6.18. The van der Waals surface area contributed by atoms with Gasteiger partial charge in [0.15, 0.2) is 0 Å². The quantitative estimate of drug-likeness (QED) is 0.801. The molecule has 3 heteroatoms. The molecule has 0 fully saturated rings. The Bertz CT molecular complexity index is 325. The van der Waals surface area contributed by atoms with Gasteiger partial charge in [0.05, 0.1) is 5.69 Å². The van der Waals surface area contributed by atoms with Crippen molar-refractivity contribution in [3.05, 3.63) is 29.8 Å². The molecule has 1 aromatic rings. The number of nitrogens with one attached hydrogen (secondary N) is 1. The van der Waals surface area contributed by atoms with E-state index in [-0.39, 0.29) is 6.04 Å². The summed E-state index contributed by atoms with van der Waals surface area (Å²) in [5.41, 5.74) is 0.365. The Morgan fingerprint density at radius 1 is 1.27 bits per heavy atom. The summed E-state index contributed by atoms with van der Waals surface area (Å²) < 4.78 is 25.9. The van der Waals surface area contributed by atoms with Crippen molar-refractivity contribution in [1.82, 2.24) is 0 Å². The summed E-state index contributed by atoms with van der Waals surface area (Å²) in [6.07, 6.45) is 1.02. The van der Waals surface area contributed by atoms with Crippen LogP contribution in [0.15, 0.2) is 18.2 Å². The van der Waals surface area contributed by atoms with E-state index >= 15 is 0 Å². The van der Waals surface area contributed by atoms with E-state index in [0.29, 0.717) is 11.6 Å². The van der Waals surface area contributed by atoms with Gasteiger partial charge in [-0.25, -0.2) is 8.78 Å². The third-order valence-electron chi connectivity index (χ3n) is 2.81. The maximum absolute atomic E-state index is 13.3. The van der Waals surface area contributed by atoms with Crippen LogP contribution in [-0.4, -0.2) is 6.04 Å². The molecule has 0 aliphatic heterocycles. The molecule has 1 aromatic carbocycles. The van der Waals surface area contributed by atoms with Gasteiger partial charge < -0.3 is 5.32 Å². The SMILES string of the molecule is CCC(C)C(C)Nc1ccc(F)cc1F. The highest BCUT2D eigenvalue weighted by molar-refractivity contribution is 5.45. The van der Waals surface area contributed by atoms with Gasteiger partial charge in [0.1, 0.15) is 11.6 Å². The Balaban J connectivity index is 2.72. The lowest BCUT2D eigenvalue weighted by Crippen LogP contribution is -2.23. The van der Waals surface area contributed by atoms with Crippen molar-refractivity contribution in [2.24, 2.45) is 5.92 Å². The van der Waals surface area contributed by atoms with Gasteiger partial charge in [-0.1, -0.05) is 20.3 Å². The summed E-state index contributed by atoms with van der Waals surface area (Å²) in [5.74, 6) is -0.631. The van der Waals surface area contributed by atoms with Crippen molar-refractivity contribution >= 4 is 5.69 Å². The van der Waals surface area contributed by atoms with Crippen molar-refractivity contribution in [2.45, 2.75) is 33.2 Å². The number of benzene rings is 1. The molecule has 0 aromatic heterocycles. The monoisotopic (exact) mass is 213 g/mol. The normalized spacial score (nSPS) is 14.7. The van der Waals surface area contributed by atoms with Gasteiger partial charge in [-0.2, -0.15) is 0 Å². The minimum atomic E-state index is -0.547. The highest BCUT2D eigenvalue weighted by Crippen LogP contribution is 2.19. The first-order chi connectivity index (χ1) is 7.04. The second kappa shape index (κ2) is 5.10. The zero-order valence-corrected chi connectivity index (χ0v) is 9.35. The molecule has 1 N–H and O–H groups in total. The highest BCUT2D eigenvalue weighted by atomic mass is 19.1. The summed E-state index contributed by atoms with van der Waals surface area (Å²) in [4.78, 5) is 0. The zero-order valence-electron chi connectivity index (χ0n) is 9.35. The largest absolute Gasteiger partial charge is 0.380 e. The van der Waals surface area contributed by atoms with Gasteiger partial charge in [0, 0.05) is 12.1 Å². The van der Waals surface area contributed by atoms with Crippen molar-refractivity contribution < 1.29 is 8.78 Å². The fourth-order valence-corrected chi connectivity index (χ4v) is 1.35.